The number of carbonyl (C=O) groups is 1. The van der Waals surface area contributed by atoms with Crippen LogP contribution in [0.5, 0.6) is 0 Å². The van der Waals surface area contributed by atoms with Crippen molar-refractivity contribution in [2.45, 2.75) is 19.3 Å². The van der Waals surface area contributed by atoms with Crippen molar-refractivity contribution in [3.63, 3.8) is 0 Å². The highest BCUT2D eigenvalue weighted by Gasteiger charge is 2.20. The van der Waals surface area contributed by atoms with E-state index in [1.807, 2.05) is 0 Å². The normalized spacial score (nSPS) is 15.0. The van der Waals surface area contributed by atoms with Gasteiger partial charge in [0.05, 0.1) is 11.4 Å². The summed E-state index contributed by atoms with van der Waals surface area (Å²) in [6.45, 7) is 0.309. The minimum Gasteiger partial charge on any atom is -0.337 e. The van der Waals surface area contributed by atoms with Gasteiger partial charge in [-0.05, 0) is 30.9 Å². The monoisotopic (exact) mass is 347 g/mol. The summed E-state index contributed by atoms with van der Waals surface area (Å²) < 4.78 is 52.0. The lowest BCUT2D eigenvalue weighted by molar-refractivity contribution is 0.252. The number of hydrogen-bond donors (Lipinski definition) is 3. The van der Waals surface area contributed by atoms with Gasteiger partial charge in [0.25, 0.3) is 0 Å². The third-order valence-corrected chi connectivity index (χ3v) is 5.00. The number of halogens is 2. The maximum absolute atomic E-state index is 13.3. The molecule has 0 atom stereocenters. The number of anilines is 1. The number of benzene rings is 1. The van der Waals surface area contributed by atoms with Gasteiger partial charge in [0.15, 0.2) is 0 Å². The highest BCUT2D eigenvalue weighted by Crippen LogP contribution is 2.25. The quantitative estimate of drug-likeness (QED) is 0.703. The molecule has 2 rings (SSSR count). The number of rotatable bonds is 7. The molecule has 0 unspecified atom stereocenters. The lowest BCUT2D eigenvalue weighted by atomic mass is 9.86. The van der Waals surface area contributed by atoms with Gasteiger partial charge in [-0.1, -0.05) is 6.42 Å². The molecule has 0 bridgehead atoms. The molecule has 1 saturated carbocycles. The molecule has 9 heteroatoms. The Bertz CT molecular complexity index is 663. The van der Waals surface area contributed by atoms with Crippen molar-refractivity contribution in [1.82, 2.24) is 10.0 Å². The van der Waals surface area contributed by atoms with E-state index < -0.39 is 27.7 Å². The molecule has 0 aromatic heterocycles. The first-order valence-electron chi connectivity index (χ1n) is 7.33. The fourth-order valence-corrected chi connectivity index (χ4v) is 3.07. The zero-order valence-electron chi connectivity index (χ0n) is 12.4. The molecule has 1 aliphatic rings. The van der Waals surface area contributed by atoms with Gasteiger partial charge < -0.3 is 10.6 Å². The predicted octanol–water partition coefficient (Wildman–Crippen LogP) is 1.81. The summed E-state index contributed by atoms with van der Waals surface area (Å²) in [5.41, 5.74) is -0.185. The number of carbonyl (C=O) groups excluding carboxylic acids is 1. The molecule has 1 fully saturated rings. The summed E-state index contributed by atoms with van der Waals surface area (Å²) in [4.78, 5) is 11.6. The molecular formula is C14H19F2N3O3S. The van der Waals surface area contributed by atoms with Crippen LogP contribution in [0.1, 0.15) is 19.3 Å². The summed E-state index contributed by atoms with van der Waals surface area (Å²) in [6, 6.07) is 1.98. The van der Waals surface area contributed by atoms with E-state index in [0.717, 1.165) is 31.4 Å². The van der Waals surface area contributed by atoms with Crippen LogP contribution in [0.3, 0.4) is 0 Å². The molecule has 0 radical (unpaired) electrons. The average Bonchev–Trinajstić information content (AvgIpc) is 2.40. The van der Waals surface area contributed by atoms with Gasteiger partial charge >= 0.3 is 6.03 Å². The third kappa shape index (κ3) is 5.76. The van der Waals surface area contributed by atoms with Gasteiger partial charge in [0, 0.05) is 19.2 Å². The van der Waals surface area contributed by atoms with Gasteiger partial charge in [0.2, 0.25) is 10.0 Å². The Morgan fingerprint density at radius 3 is 2.61 bits per heavy atom. The van der Waals surface area contributed by atoms with Gasteiger partial charge in [0.1, 0.15) is 11.6 Å². The van der Waals surface area contributed by atoms with E-state index in [4.69, 9.17) is 0 Å². The fraction of sp³-hybridized carbons (Fsp3) is 0.500. The Balaban J connectivity index is 1.71. The number of hydrogen-bond acceptors (Lipinski definition) is 3. The van der Waals surface area contributed by atoms with Crippen molar-refractivity contribution in [2.24, 2.45) is 5.92 Å². The van der Waals surface area contributed by atoms with Gasteiger partial charge in [-0.15, -0.1) is 0 Å². The molecule has 2 amide bonds. The fourth-order valence-electron chi connectivity index (χ4n) is 2.07. The Kier molecular flexibility index (Phi) is 5.89. The van der Waals surface area contributed by atoms with Crippen molar-refractivity contribution in [1.29, 1.82) is 0 Å². The molecule has 0 aliphatic heterocycles. The first kappa shape index (κ1) is 17.6. The second-order valence-corrected chi connectivity index (χ2v) is 7.40. The number of urea groups is 1. The van der Waals surface area contributed by atoms with Crippen LogP contribution in [0.25, 0.3) is 0 Å². The van der Waals surface area contributed by atoms with Crippen LogP contribution in [-0.4, -0.2) is 33.3 Å². The highest BCUT2D eigenvalue weighted by atomic mass is 32.2. The zero-order valence-corrected chi connectivity index (χ0v) is 13.3. The summed E-state index contributed by atoms with van der Waals surface area (Å²) in [5, 5.41) is 4.50. The Morgan fingerprint density at radius 2 is 2.00 bits per heavy atom. The molecule has 0 saturated heterocycles. The van der Waals surface area contributed by atoms with E-state index in [2.05, 4.69) is 15.4 Å². The van der Waals surface area contributed by atoms with Crippen molar-refractivity contribution < 1.29 is 22.0 Å². The molecule has 1 aromatic rings. The Morgan fingerprint density at radius 1 is 1.26 bits per heavy atom. The molecule has 0 heterocycles. The van der Waals surface area contributed by atoms with Gasteiger partial charge in [-0.25, -0.2) is 26.7 Å². The van der Waals surface area contributed by atoms with Crippen molar-refractivity contribution in [2.75, 3.05) is 24.2 Å². The van der Waals surface area contributed by atoms with Crippen LogP contribution < -0.4 is 15.4 Å². The number of amides is 2. The van der Waals surface area contributed by atoms with Crippen LogP contribution in [0.15, 0.2) is 18.2 Å². The molecular weight excluding hydrogens is 328 g/mol. The largest absolute Gasteiger partial charge is 0.337 e. The highest BCUT2D eigenvalue weighted by molar-refractivity contribution is 7.89. The standard InChI is InChI=1S/C14H19F2N3O3S/c15-11-4-5-13(12(16)8-11)19-14(20)17-6-7-23(21,22)18-9-10-2-1-3-10/h4-5,8,10,18H,1-3,6-7,9H2,(H2,17,19,20). The number of nitrogens with one attached hydrogen (secondary N) is 3. The number of sulfonamides is 1. The Hall–Kier alpha value is -1.74. The van der Waals surface area contributed by atoms with Crippen LogP contribution in [0, 0.1) is 17.6 Å². The van der Waals surface area contributed by atoms with Crippen LogP contribution in [-0.2, 0) is 10.0 Å². The summed E-state index contributed by atoms with van der Waals surface area (Å²) >= 11 is 0. The molecule has 128 valence electrons. The zero-order chi connectivity index (χ0) is 16.9. The van der Waals surface area contributed by atoms with E-state index in [1.54, 1.807) is 0 Å². The maximum Gasteiger partial charge on any atom is 0.319 e. The summed E-state index contributed by atoms with van der Waals surface area (Å²) in [6.07, 6.45) is 3.20. The Labute approximate surface area is 133 Å². The topological polar surface area (TPSA) is 87.3 Å². The molecule has 1 aliphatic carbocycles. The first-order valence-corrected chi connectivity index (χ1v) is 8.98. The van der Waals surface area contributed by atoms with Crippen molar-refractivity contribution >= 4 is 21.7 Å². The SMILES string of the molecule is O=C(NCCS(=O)(=O)NCC1CCC1)Nc1ccc(F)cc1F. The minimum absolute atomic E-state index is 0.116. The van der Waals surface area contributed by atoms with Crippen LogP contribution in [0.4, 0.5) is 19.3 Å². The summed E-state index contributed by atoms with van der Waals surface area (Å²) in [5.74, 6) is -1.52. The van der Waals surface area contributed by atoms with Crippen molar-refractivity contribution in [3.8, 4) is 0 Å². The lowest BCUT2D eigenvalue weighted by Crippen LogP contribution is -2.38. The van der Waals surface area contributed by atoms with E-state index in [9.17, 15) is 22.0 Å². The van der Waals surface area contributed by atoms with E-state index >= 15 is 0 Å². The van der Waals surface area contributed by atoms with E-state index in [-0.39, 0.29) is 18.0 Å². The van der Waals surface area contributed by atoms with E-state index in [0.29, 0.717) is 18.5 Å². The molecule has 23 heavy (non-hydrogen) atoms. The summed E-state index contributed by atoms with van der Waals surface area (Å²) in [7, 11) is -3.45. The van der Waals surface area contributed by atoms with Crippen molar-refractivity contribution in [3.05, 3.63) is 29.8 Å². The molecule has 0 spiro atoms. The maximum atomic E-state index is 13.3. The first-order chi connectivity index (χ1) is 10.9. The van der Waals surface area contributed by atoms with Gasteiger partial charge in [-0.3, -0.25) is 0 Å². The van der Waals surface area contributed by atoms with E-state index in [1.165, 1.54) is 0 Å². The van der Waals surface area contributed by atoms with Crippen LogP contribution in [0.2, 0.25) is 0 Å². The van der Waals surface area contributed by atoms with Crippen LogP contribution >= 0.6 is 0 Å². The molecule has 6 nitrogen and oxygen atoms in total. The molecule has 3 N–H and O–H groups in total. The third-order valence-electron chi connectivity index (χ3n) is 3.65. The smallest absolute Gasteiger partial charge is 0.319 e. The second-order valence-electron chi connectivity index (χ2n) is 5.47. The predicted molar refractivity (Wildman–Crippen MR) is 82.5 cm³/mol. The van der Waals surface area contributed by atoms with Gasteiger partial charge in [-0.2, -0.15) is 0 Å². The average molecular weight is 347 g/mol. The second kappa shape index (κ2) is 7.69. The lowest BCUT2D eigenvalue weighted by Gasteiger charge is -2.25. The minimum atomic E-state index is -3.45. The molecule has 1 aromatic carbocycles.